The van der Waals surface area contributed by atoms with Crippen LogP contribution < -0.4 is 17.1 Å². The number of carbonyl (C=O) groups is 1. The average Bonchev–Trinajstić information content (AvgIpc) is 1.69. The van der Waals surface area contributed by atoms with Gasteiger partial charge in [0, 0.05) is 0 Å². The van der Waals surface area contributed by atoms with Crippen LogP contribution in [0.15, 0.2) is 5.10 Å². The lowest BCUT2D eigenvalue weighted by atomic mass is 10.6. The van der Waals surface area contributed by atoms with Crippen molar-refractivity contribution in [1.82, 2.24) is 5.43 Å². The first-order valence-corrected chi connectivity index (χ1v) is 1.70. The molecule has 0 radical (unpaired) electrons. The largest absolute Gasteiger partial charge is 0.475 e. The van der Waals surface area contributed by atoms with Crippen LogP contribution in [0, 0.1) is 0 Å². The zero-order valence-corrected chi connectivity index (χ0v) is 3.96. The number of nitrogens with zero attached hydrogens (tertiary/aromatic N) is 1. The molecule has 0 bridgehead atoms. The quantitative estimate of drug-likeness (QED) is 0.125. The number of hydrogen-bond acceptors (Lipinski definition) is 4. The minimum atomic E-state index is -1.28. The number of aliphatic carboxylic acids is 1. The van der Waals surface area contributed by atoms with Crippen LogP contribution in [0.5, 0.6) is 0 Å². The SMILES string of the molecule is N/N=C(\NN)C(=O)O. The fraction of sp³-hybridized carbons (Fsp3) is 0. The Kier molecular flexibility index (Phi) is 2.35. The topological polar surface area (TPSA) is 114 Å². The highest BCUT2D eigenvalue weighted by Gasteiger charge is 2.03. The van der Waals surface area contributed by atoms with Gasteiger partial charge in [-0.1, -0.05) is 0 Å². The second kappa shape index (κ2) is 2.80. The molecule has 0 saturated heterocycles. The van der Waals surface area contributed by atoms with E-state index in [2.05, 4.69) is 16.8 Å². The maximum atomic E-state index is 9.81. The third kappa shape index (κ3) is 1.43. The molecule has 0 aromatic carbocycles. The van der Waals surface area contributed by atoms with E-state index in [1.54, 1.807) is 5.43 Å². The Morgan fingerprint density at radius 2 is 2.25 bits per heavy atom. The fourth-order valence-corrected chi connectivity index (χ4v) is 0.154. The van der Waals surface area contributed by atoms with E-state index in [0.717, 1.165) is 0 Å². The number of amidine groups is 1. The van der Waals surface area contributed by atoms with E-state index in [9.17, 15) is 4.79 Å². The van der Waals surface area contributed by atoms with E-state index in [4.69, 9.17) is 5.11 Å². The van der Waals surface area contributed by atoms with Crippen molar-refractivity contribution in [1.29, 1.82) is 0 Å². The van der Waals surface area contributed by atoms with E-state index in [0.29, 0.717) is 0 Å². The van der Waals surface area contributed by atoms with Crippen LogP contribution in [0.4, 0.5) is 0 Å². The molecule has 46 valence electrons. The molecule has 0 aliphatic carbocycles. The van der Waals surface area contributed by atoms with E-state index in [-0.39, 0.29) is 0 Å². The molecule has 0 aliphatic rings. The van der Waals surface area contributed by atoms with Crippen LogP contribution in [-0.4, -0.2) is 16.9 Å². The number of hydrogen-bond donors (Lipinski definition) is 4. The molecule has 0 saturated carbocycles. The standard InChI is InChI=1S/C2H6N4O2/c3-5-1(6-4)2(7)8/h3-4H2,(H,5,6)(H,7,8). The first-order valence-electron chi connectivity index (χ1n) is 1.70. The molecule has 0 unspecified atom stereocenters. The van der Waals surface area contributed by atoms with Crippen molar-refractivity contribution >= 4 is 11.8 Å². The number of hydrazone groups is 1. The summed E-state index contributed by atoms with van der Waals surface area (Å²) >= 11 is 0. The zero-order valence-electron chi connectivity index (χ0n) is 3.96. The Morgan fingerprint density at radius 1 is 1.75 bits per heavy atom. The van der Waals surface area contributed by atoms with Crippen molar-refractivity contribution < 1.29 is 9.90 Å². The summed E-state index contributed by atoms with van der Waals surface area (Å²) in [5.74, 6) is 7.44. The van der Waals surface area contributed by atoms with Crippen molar-refractivity contribution in [3.63, 3.8) is 0 Å². The molecular formula is C2H6N4O2. The summed E-state index contributed by atoms with van der Waals surface area (Å²) in [6.45, 7) is 0. The summed E-state index contributed by atoms with van der Waals surface area (Å²) in [4.78, 5) is 9.81. The first kappa shape index (κ1) is 6.70. The van der Waals surface area contributed by atoms with Gasteiger partial charge in [-0.25, -0.2) is 10.6 Å². The van der Waals surface area contributed by atoms with Crippen molar-refractivity contribution in [2.75, 3.05) is 0 Å². The third-order valence-corrected chi connectivity index (χ3v) is 0.468. The van der Waals surface area contributed by atoms with Crippen LogP contribution in [-0.2, 0) is 4.79 Å². The first-order chi connectivity index (χ1) is 3.72. The molecule has 0 aromatic heterocycles. The Labute approximate surface area is 45.1 Å². The van der Waals surface area contributed by atoms with Gasteiger partial charge in [-0.3, -0.25) is 0 Å². The monoisotopic (exact) mass is 118 g/mol. The molecule has 0 aliphatic heterocycles. The summed E-state index contributed by atoms with van der Waals surface area (Å²) in [6, 6.07) is 0. The van der Waals surface area contributed by atoms with E-state index in [1.165, 1.54) is 0 Å². The summed E-state index contributed by atoms with van der Waals surface area (Å²) < 4.78 is 0. The summed E-state index contributed by atoms with van der Waals surface area (Å²) in [7, 11) is 0. The van der Waals surface area contributed by atoms with Crippen LogP contribution in [0.3, 0.4) is 0 Å². The van der Waals surface area contributed by atoms with Crippen LogP contribution in [0.2, 0.25) is 0 Å². The summed E-state index contributed by atoms with van der Waals surface area (Å²) in [5.41, 5.74) is 1.78. The number of carboxylic acid groups (broad SMARTS) is 1. The molecule has 0 heterocycles. The Hall–Kier alpha value is -1.30. The molecule has 0 amide bonds. The minimum absolute atomic E-state index is 0.468. The van der Waals surface area contributed by atoms with Crippen LogP contribution in [0.25, 0.3) is 0 Å². The number of rotatable bonds is 0. The van der Waals surface area contributed by atoms with Crippen LogP contribution >= 0.6 is 0 Å². The predicted molar refractivity (Wildman–Crippen MR) is 26.6 cm³/mol. The molecule has 0 rings (SSSR count). The lowest BCUT2D eigenvalue weighted by Gasteiger charge is -1.92. The number of nitrogens with one attached hydrogen (secondary N) is 1. The average molecular weight is 118 g/mol. The fourth-order valence-electron chi connectivity index (χ4n) is 0.154. The van der Waals surface area contributed by atoms with Gasteiger partial charge in [0.25, 0.3) is 0 Å². The molecule has 0 fully saturated rings. The van der Waals surface area contributed by atoms with Gasteiger partial charge in [0.15, 0.2) is 0 Å². The summed E-state index contributed by atoms with van der Waals surface area (Å²) in [5, 5.41) is 10.8. The third-order valence-electron chi connectivity index (χ3n) is 0.468. The van der Waals surface area contributed by atoms with Gasteiger partial charge >= 0.3 is 5.97 Å². The van der Waals surface area contributed by atoms with E-state index in [1.807, 2.05) is 0 Å². The van der Waals surface area contributed by atoms with Crippen molar-refractivity contribution in [2.24, 2.45) is 16.8 Å². The molecule has 0 spiro atoms. The minimum Gasteiger partial charge on any atom is -0.475 e. The van der Waals surface area contributed by atoms with Gasteiger partial charge in [-0.05, 0) is 0 Å². The maximum absolute atomic E-state index is 9.81. The Morgan fingerprint density at radius 3 is 2.25 bits per heavy atom. The van der Waals surface area contributed by atoms with Gasteiger partial charge in [-0.15, -0.1) is 0 Å². The summed E-state index contributed by atoms with van der Waals surface area (Å²) in [6.07, 6.45) is 0. The normalized spacial score (nSPS) is 10.9. The van der Waals surface area contributed by atoms with Gasteiger partial charge in [-0.2, -0.15) is 5.10 Å². The highest BCUT2D eigenvalue weighted by Crippen LogP contribution is 1.62. The lowest BCUT2D eigenvalue weighted by Crippen LogP contribution is -2.37. The zero-order chi connectivity index (χ0) is 6.57. The lowest BCUT2D eigenvalue weighted by molar-refractivity contribution is -0.129. The van der Waals surface area contributed by atoms with Crippen LogP contribution in [0.1, 0.15) is 0 Å². The molecule has 8 heavy (non-hydrogen) atoms. The number of carboxylic acids is 1. The van der Waals surface area contributed by atoms with Crippen molar-refractivity contribution in [3.8, 4) is 0 Å². The molecule has 6 nitrogen and oxygen atoms in total. The molecule has 6 N–H and O–H groups in total. The number of nitrogens with two attached hydrogens (primary N) is 2. The predicted octanol–water partition coefficient (Wildman–Crippen LogP) is -2.19. The molecule has 6 heteroatoms. The molecular weight excluding hydrogens is 112 g/mol. The van der Waals surface area contributed by atoms with Gasteiger partial charge in [0.2, 0.25) is 5.84 Å². The molecule has 0 atom stereocenters. The van der Waals surface area contributed by atoms with Gasteiger partial charge in [0.05, 0.1) is 0 Å². The van der Waals surface area contributed by atoms with E-state index < -0.39 is 11.8 Å². The van der Waals surface area contributed by atoms with E-state index >= 15 is 0 Å². The van der Waals surface area contributed by atoms with Crippen molar-refractivity contribution in [2.45, 2.75) is 0 Å². The Balaban J connectivity index is 3.92. The second-order valence-corrected chi connectivity index (χ2v) is 0.927. The highest BCUT2D eigenvalue weighted by atomic mass is 16.4. The van der Waals surface area contributed by atoms with Crippen molar-refractivity contribution in [3.05, 3.63) is 0 Å². The van der Waals surface area contributed by atoms with Gasteiger partial charge < -0.3 is 16.4 Å². The second-order valence-electron chi connectivity index (χ2n) is 0.927. The highest BCUT2D eigenvalue weighted by molar-refractivity contribution is 6.34. The molecule has 0 aromatic rings. The smallest absolute Gasteiger partial charge is 0.374 e. The maximum Gasteiger partial charge on any atom is 0.374 e. The van der Waals surface area contributed by atoms with Gasteiger partial charge in [0.1, 0.15) is 0 Å². The Bertz CT molecular complexity index is 119. The number of hydrazine groups is 1.